The van der Waals surface area contributed by atoms with Gasteiger partial charge in [0.1, 0.15) is 0 Å². The van der Waals surface area contributed by atoms with E-state index in [-0.39, 0.29) is 5.92 Å². The van der Waals surface area contributed by atoms with Crippen LogP contribution in [-0.2, 0) is 4.79 Å². The molecule has 0 aromatic rings. The third kappa shape index (κ3) is 3.97. The lowest BCUT2D eigenvalue weighted by atomic mass is 9.96. The summed E-state index contributed by atoms with van der Waals surface area (Å²) in [4.78, 5) is 14.0. The van der Waals surface area contributed by atoms with Gasteiger partial charge in [-0.2, -0.15) is 0 Å². The molecule has 0 aromatic heterocycles. The van der Waals surface area contributed by atoms with Gasteiger partial charge < -0.3 is 4.90 Å². The van der Waals surface area contributed by atoms with Gasteiger partial charge in [0.25, 0.3) is 0 Å². The van der Waals surface area contributed by atoms with Crippen molar-refractivity contribution in [2.24, 2.45) is 11.8 Å². The van der Waals surface area contributed by atoms with E-state index >= 15 is 0 Å². The van der Waals surface area contributed by atoms with Crippen LogP contribution in [0.2, 0.25) is 0 Å². The predicted molar refractivity (Wildman–Crippen MR) is 68.7 cm³/mol. The Morgan fingerprint density at radius 1 is 1.31 bits per heavy atom. The Hall–Kier alpha value is -0.240. The third-order valence-electron chi connectivity index (χ3n) is 3.68. The molecule has 0 N–H and O–H groups in total. The number of alkyl halides is 1. The first kappa shape index (κ1) is 13.8. The fourth-order valence-electron chi connectivity index (χ4n) is 2.53. The maximum absolute atomic E-state index is 12.1. The van der Waals surface area contributed by atoms with E-state index < -0.39 is 0 Å². The van der Waals surface area contributed by atoms with Crippen LogP contribution in [0.1, 0.15) is 45.4 Å². The summed E-state index contributed by atoms with van der Waals surface area (Å²) in [6.07, 6.45) is 6.79. The summed E-state index contributed by atoms with van der Waals surface area (Å²) in [6, 6.07) is 0. The lowest BCUT2D eigenvalue weighted by molar-refractivity contribution is -0.135. The van der Waals surface area contributed by atoms with Crippen molar-refractivity contribution in [1.82, 2.24) is 4.90 Å². The van der Waals surface area contributed by atoms with Gasteiger partial charge in [-0.05, 0) is 31.6 Å². The zero-order valence-electron chi connectivity index (χ0n) is 10.5. The molecule has 1 fully saturated rings. The van der Waals surface area contributed by atoms with Crippen molar-refractivity contribution in [2.45, 2.75) is 45.4 Å². The van der Waals surface area contributed by atoms with Crippen LogP contribution in [0.3, 0.4) is 0 Å². The highest BCUT2D eigenvalue weighted by molar-refractivity contribution is 6.17. The van der Waals surface area contributed by atoms with E-state index in [1.807, 2.05) is 11.9 Å². The summed E-state index contributed by atoms with van der Waals surface area (Å²) in [5.74, 6) is 1.96. The van der Waals surface area contributed by atoms with Gasteiger partial charge in [-0.25, -0.2) is 0 Å². The third-order valence-corrected chi connectivity index (χ3v) is 3.95. The molecule has 0 aliphatic heterocycles. The van der Waals surface area contributed by atoms with Crippen molar-refractivity contribution < 1.29 is 4.79 Å². The van der Waals surface area contributed by atoms with Gasteiger partial charge in [0.2, 0.25) is 5.91 Å². The van der Waals surface area contributed by atoms with E-state index in [4.69, 9.17) is 11.6 Å². The predicted octanol–water partition coefficient (Wildman–Crippen LogP) is 3.29. The van der Waals surface area contributed by atoms with Gasteiger partial charge in [-0.3, -0.25) is 4.79 Å². The molecule has 0 spiro atoms. The first-order valence-electron chi connectivity index (χ1n) is 6.47. The second-order valence-corrected chi connectivity index (χ2v) is 5.40. The van der Waals surface area contributed by atoms with Gasteiger partial charge >= 0.3 is 0 Å². The van der Waals surface area contributed by atoms with Crippen molar-refractivity contribution >= 4 is 17.5 Å². The maximum atomic E-state index is 12.1. The number of unbranched alkanes of at least 4 members (excludes halogenated alkanes) is 2. The summed E-state index contributed by atoms with van der Waals surface area (Å²) in [7, 11) is 1.94. The van der Waals surface area contributed by atoms with Crippen molar-refractivity contribution in [2.75, 3.05) is 19.5 Å². The summed E-state index contributed by atoms with van der Waals surface area (Å²) < 4.78 is 0. The molecule has 1 amide bonds. The largest absolute Gasteiger partial charge is 0.346 e. The van der Waals surface area contributed by atoms with Crippen LogP contribution in [0.15, 0.2) is 0 Å². The molecule has 0 saturated heterocycles. The highest BCUT2D eigenvalue weighted by Gasteiger charge is 2.31. The van der Waals surface area contributed by atoms with E-state index in [9.17, 15) is 4.79 Å². The average Bonchev–Trinajstić information content (AvgIpc) is 2.69. The smallest absolute Gasteiger partial charge is 0.225 e. The van der Waals surface area contributed by atoms with Crippen molar-refractivity contribution in [1.29, 1.82) is 0 Å². The normalized spacial score (nSPS) is 24.7. The van der Waals surface area contributed by atoms with E-state index in [0.29, 0.717) is 11.8 Å². The zero-order valence-corrected chi connectivity index (χ0v) is 11.3. The highest BCUT2D eigenvalue weighted by atomic mass is 35.5. The molecular formula is C13H24ClNO. The molecule has 1 saturated carbocycles. The summed E-state index contributed by atoms with van der Waals surface area (Å²) >= 11 is 5.62. The van der Waals surface area contributed by atoms with Crippen LogP contribution in [0.5, 0.6) is 0 Å². The number of carbonyl (C=O) groups is 1. The van der Waals surface area contributed by atoms with Crippen molar-refractivity contribution in [3.63, 3.8) is 0 Å². The minimum absolute atomic E-state index is 0.290. The number of carbonyl (C=O) groups excluding carboxylic acids is 1. The molecule has 1 aliphatic rings. The Balaban J connectivity index is 2.24. The summed E-state index contributed by atoms with van der Waals surface area (Å²) in [5.41, 5.74) is 0. The minimum Gasteiger partial charge on any atom is -0.346 e. The van der Waals surface area contributed by atoms with Gasteiger partial charge in [-0.15, -0.1) is 11.6 Å². The van der Waals surface area contributed by atoms with Crippen LogP contribution in [0, 0.1) is 11.8 Å². The van der Waals surface area contributed by atoms with Crippen LogP contribution in [0.4, 0.5) is 0 Å². The topological polar surface area (TPSA) is 20.3 Å². The van der Waals surface area contributed by atoms with Crippen LogP contribution in [0.25, 0.3) is 0 Å². The maximum Gasteiger partial charge on any atom is 0.225 e. The van der Waals surface area contributed by atoms with Crippen LogP contribution < -0.4 is 0 Å². The fourth-order valence-corrected chi connectivity index (χ4v) is 2.71. The Bertz CT molecular complexity index is 220. The Morgan fingerprint density at radius 2 is 2.06 bits per heavy atom. The number of hydrogen-bond donors (Lipinski definition) is 0. The SMILES string of the molecule is CC1CCCC1C(=O)N(C)CCCCCCl. The number of hydrogen-bond acceptors (Lipinski definition) is 1. The molecule has 2 nitrogen and oxygen atoms in total. The molecule has 0 aromatic carbocycles. The summed E-state index contributed by atoms with van der Waals surface area (Å²) in [5, 5.41) is 0. The molecule has 0 radical (unpaired) electrons. The van der Waals surface area contributed by atoms with Crippen LogP contribution >= 0.6 is 11.6 Å². The number of nitrogens with zero attached hydrogens (tertiary/aromatic N) is 1. The first-order chi connectivity index (χ1) is 7.66. The molecule has 1 rings (SSSR count). The van der Waals surface area contributed by atoms with E-state index in [2.05, 4.69) is 6.92 Å². The van der Waals surface area contributed by atoms with E-state index in [0.717, 1.165) is 38.1 Å². The molecule has 94 valence electrons. The molecular weight excluding hydrogens is 222 g/mol. The van der Waals surface area contributed by atoms with Gasteiger partial charge in [0.05, 0.1) is 0 Å². The Morgan fingerprint density at radius 3 is 2.62 bits per heavy atom. The van der Waals surface area contributed by atoms with Gasteiger partial charge in [0, 0.05) is 25.4 Å². The average molecular weight is 246 g/mol. The number of amides is 1. The zero-order chi connectivity index (χ0) is 12.0. The van der Waals surface area contributed by atoms with Crippen LogP contribution in [-0.4, -0.2) is 30.3 Å². The Labute approximate surface area is 104 Å². The molecule has 16 heavy (non-hydrogen) atoms. The lowest BCUT2D eigenvalue weighted by Gasteiger charge is -2.23. The monoisotopic (exact) mass is 245 g/mol. The minimum atomic E-state index is 0.290. The second-order valence-electron chi connectivity index (χ2n) is 5.02. The fraction of sp³-hybridized carbons (Fsp3) is 0.923. The molecule has 3 heteroatoms. The summed E-state index contributed by atoms with van der Waals surface area (Å²) in [6.45, 7) is 3.09. The number of rotatable bonds is 6. The van der Waals surface area contributed by atoms with E-state index in [1.165, 1.54) is 12.8 Å². The molecule has 0 bridgehead atoms. The van der Waals surface area contributed by atoms with E-state index in [1.54, 1.807) is 0 Å². The highest BCUT2D eigenvalue weighted by Crippen LogP contribution is 2.32. The Kier molecular flexibility index (Phi) is 6.18. The van der Waals surface area contributed by atoms with Gasteiger partial charge in [-0.1, -0.05) is 19.8 Å². The van der Waals surface area contributed by atoms with Crippen molar-refractivity contribution in [3.8, 4) is 0 Å². The van der Waals surface area contributed by atoms with Gasteiger partial charge in [0.15, 0.2) is 0 Å². The second kappa shape index (κ2) is 7.16. The molecule has 1 aliphatic carbocycles. The number of halogens is 1. The lowest BCUT2D eigenvalue weighted by Crippen LogP contribution is -2.34. The van der Waals surface area contributed by atoms with Crippen molar-refractivity contribution in [3.05, 3.63) is 0 Å². The standard InChI is InChI=1S/C13H24ClNO/c1-11-7-6-8-12(11)13(16)15(2)10-5-3-4-9-14/h11-12H,3-10H2,1-2H3. The quantitative estimate of drug-likeness (QED) is 0.520. The molecule has 2 atom stereocenters. The first-order valence-corrected chi connectivity index (χ1v) is 7.01. The molecule has 0 heterocycles. The molecule has 2 unspecified atom stereocenters.